The molecule has 0 aliphatic carbocycles. The van der Waals surface area contributed by atoms with Gasteiger partial charge in [0, 0.05) is 12.1 Å². The number of benzene rings is 1. The van der Waals surface area contributed by atoms with E-state index < -0.39 is 46.7 Å². The monoisotopic (exact) mass is 326 g/mol. The zero-order valence-corrected chi connectivity index (χ0v) is 11.5. The minimum Gasteiger partial charge on any atom is -0.395 e. The normalized spacial score (nSPS) is 12.6. The second kappa shape index (κ2) is 6.41. The third-order valence-corrected chi connectivity index (χ3v) is 4.34. The van der Waals surface area contributed by atoms with E-state index in [2.05, 4.69) is 0 Å². The molecule has 0 saturated carbocycles. The number of carbonyl (C=O) groups excluding carboxylic acids is 1. The van der Waals surface area contributed by atoms with Crippen molar-refractivity contribution in [2.24, 2.45) is 5.73 Å². The predicted molar refractivity (Wildman–Crippen MR) is 66.9 cm³/mol. The fourth-order valence-corrected chi connectivity index (χ4v) is 2.95. The van der Waals surface area contributed by atoms with Gasteiger partial charge in [0.1, 0.15) is 6.54 Å². The quantitative estimate of drug-likeness (QED) is 0.787. The number of aliphatic hydroxyl groups excluding tert-OH is 1. The van der Waals surface area contributed by atoms with Crippen LogP contribution in [0.15, 0.2) is 29.2 Å². The van der Waals surface area contributed by atoms with Gasteiger partial charge in [-0.3, -0.25) is 4.79 Å². The zero-order valence-electron chi connectivity index (χ0n) is 10.7. The van der Waals surface area contributed by atoms with Crippen LogP contribution in [0.1, 0.15) is 10.4 Å². The Morgan fingerprint density at radius 3 is 2.14 bits per heavy atom. The summed E-state index contributed by atoms with van der Waals surface area (Å²) >= 11 is 0. The Hall–Kier alpha value is -1.65. The number of alkyl halides is 3. The van der Waals surface area contributed by atoms with E-state index in [1.807, 2.05) is 0 Å². The van der Waals surface area contributed by atoms with Crippen LogP contribution in [0, 0.1) is 0 Å². The highest BCUT2D eigenvalue weighted by Crippen LogP contribution is 2.22. The molecule has 0 fully saturated rings. The van der Waals surface area contributed by atoms with Gasteiger partial charge in [-0.15, -0.1) is 0 Å². The van der Waals surface area contributed by atoms with Crippen molar-refractivity contribution in [1.82, 2.24) is 4.31 Å². The standard InChI is InChI=1S/C11H13F3N2O4S/c12-11(13,14)7-16(5-6-17)21(19,20)9-3-1-8(2-4-9)10(15)18/h1-4,17H,5-7H2,(H2,15,18). The van der Waals surface area contributed by atoms with Crippen LogP contribution < -0.4 is 5.73 Å². The SMILES string of the molecule is NC(=O)c1ccc(S(=O)(=O)N(CCO)CC(F)(F)F)cc1. The zero-order chi connectivity index (χ0) is 16.3. The van der Waals surface area contributed by atoms with Gasteiger partial charge in [-0.05, 0) is 24.3 Å². The smallest absolute Gasteiger partial charge is 0.395 e. The fraction of sp³-hybridized carbons (Fsp3) is 0.364. The molecule has 21 heavy (non-hydrogen) atoms. The highest BCUT2D eigenvalue weighted by Gasteiger charge is 2.36. The molecule has 0 unspecified atom stereocenters. The van der Waals surface area contributed by atoms with Crippen molar-refractivity contribution in [1.29, 1.82) is 0 Å². The van der Waals surface area contributed by atoms with Crippen LogP contribution in [-0.4, -0.2) is 49.6 Å². The van der Waals surface area contributed by atoms with Crippen LogP contribution in [-0.2, 0) is 10.0 Å². The molecule has 0 spiro atoms. The summed E-state index contributed by atoms with van der Waals surface area (Å²) in [6.07, 6.45) is -4.74. The molecule has 118 valence electrons. The summed E-state index contributed by atoms with van der Waals surface area (Å²) in [4.78, 5) is 10.4. The Labute approximate surface area is 119 Å². The first-order valence-corrected chi connectivity index (χ1v) is 7.09. The lowest BCUT2D eigenvalue weighted by Crippen LogP contribution is -2.40. The number of aliphatic hydroxyl groups is 1. The first-order valence-electron chi connectivity index (χ1n) is 5.65. The third-order valence-electron chi connectivity index (χ3n) is 2.48. The number of halogens is 3. The number of sulfonamides is 1. The van der Waals surface area contributed by atoms with E-state index in [-0.39, 0.29) is 9.87 Å². The Bertz CT molecular complexity index is 599. The molecular formula is C11H13F3N2O4S. The lowest BCUT2D eigenvalue weighted by atomic mass is 10.2. The van der Waals surface area contributed by atoms with E-state index >= 15 is 0 Å². The van der Waals surface area contributed by atoms with Crippen LogP contribution in [0.5, 0.6) is 0 Å². The number of primary amides is 1. The molecule has 0 bridgehead atoms. The van der Waals surface area contributed by atoms with E-state index in [0.717, 1.165) is 24.3 Å². The topological polar surface area (TPSA) is 101 Å². The van der Waals surface area contributed by atoms with Gasteiger partial charge in [0.25, 0.3) is 0 Å². The molecule has 0 atom stereocenters. The Kier molecular flexibility index (Phi) is 5.31. The van der Waals surface area contributed by atoms with Crippen LogP contribution in [0.2, 0.25) is 0 Å². The summed E-state index contributed by atoms with van der Waals surface area (Å²) in [6.45, 7) is -3.17. The molecule has 0 heterocycles. The van der Waals surface area contributed by atoms with Crippen molar-refractivity contribution in [2.45, 2.75) is 11.1 Å². The average Bonchev–Trinajstić information content (AvgIpc) is 2.36. The molecule has 0 aliphatic rings. The molecule has 10 heteroatoms. The van der Waals surface area contributed by atoms with Crippen LogP contribution in [0.4, 0.5) is 13.2 Å². The Balaban J connectivity index is 3.13. The second-order valence-corrected chi connectivity index (χ2v) is 6.00. The summed E-state index contributed by atoms with van der Waals surface area (Å²) in [5.74, 6) is -0.790. The maximum atomic E-state index is 12.4. The van der Waals surface area contributed by atoms with Gasteiger partial charge in [-0.2, -0.15) is 17.5 Å². The van der Waals surface area contributed by atoms with Crippen molar-refractivity contribution in [3.8, 4) is 0 Å². The maximum Gasteiger partial charge on any atom is 0.402 e. The third kappa shape index (κ3) is 4.69. The van der Waals surface area contributed by atoms with Gasteiger partial charge in [0.15, 0.2) is 0 Å². The molecule has 0 aliphatic heterocycles. The number of hydrogen-bond donors (Lipinski definition) is 2. The molecule has 1 aromatic rings. The van der Waals surface area contributed by atoms with E-state index in [4.69, 9.17) is 10.8 Å². The van der Waals surface area contributed by atoms with E-state index in [1.54, 1.807) is 0 Å². The van der Waals surface area contributed by atoms with Crippen LogP contribution >= 0.6 is 0 Å². The number of amides is 1. The van der Waals surface area contributed by atoms with E-state index in [0.29, 0.717) is 0 Å². The summed E-state index contributed by atoms with van der Waals surface area (Å²) in [5.41, 5.74) is 5.01. The molecule has 3 N–H and O–H groups in total. The second-order valence-electron chi connectivity index (χ2n) is 4.07. The summed E-state index contributed by atoms with van der Waals surface area (Å²) in [7, 11) is -4.44. The van der Waals surface area contributed by atoms with Crippen molar-refractivity contribution in [3.05, 3.63) is 29.8 Å². The summed E-state index contributed by atoms with van der Waals surface area (Å²) < 4.78 is 61.5. The van der Waals surface area contributed by atoms with Gasteiger partial charge < -0.3 is 10.8 Å². The number of nitrogens with zero attached hydrogens (tertiary/aromatic N) is 1. The molecule has 1 aromatic carbocycles. The molecular weight excluding hydrogens is 313 g/mol. The van der Waals surface area contributed by atoms with E-state index in [9.17, 15) is 26.4 Å². The Morgan fingerprint density at radius 2 is 1.76 bits per heavy atom. The van der Waals surface area contributed by atoms with Crippen molar-refractivity contribution < 1.29 is 31.5 Å². The average molecular weight is 326 g/mol. The molecule has 1 rings (SSSR count). The molecule has 6 nitrogen and oxygen atoms in total. The predicted octanol–water partition coefficient (Wildman–Crippen LogP) is 0.331. The van der Waals surface area contributed by atoms with Crippen molar-refractivity contribution in [3.63, 3.8) is 0 Å². The van der Waals surface area contributed by atoms with Crippen LogP contribution in [0.3, 0.4) is 0 Å². The van der Waals surface area contributed by atoms with Gasteiger partial charge in [-0.1, -0.05) is 0 Å². The maximum absolute atomic E-state index is 12.4. The number of rotatable bonds is 6. The largest absolute Gasteiger partial charge is 0.402 e. The van der Waals surface area contributed by atoms with Crippen molar-refractivity contribution in [2.75, 3.05) is 19.7 Å². The lowest BCUT2D eigenvalue weighted by molar-refractivity contribution is -0.136. The van der Waals surface area contributed by atoms with Gasteiger partial charge >= 0.3 is 6.18 Å². The van der Waals surface area contributed by atoms with Crippen molar-refractivity contribution >= 4 is 15.9 Å². The van der Waals surface area contributed by atoms with Crippen LogP contribution in [0.25, 0.3) is 0 Å². The van der Waals surface area contributed by atoms with Gasteiger partial charge in [-0.25, -0.2) is 8.42 Å². The van der Waals surface area contributed by atoms with E-state index in [1.165, 1.54) is 0 Å². The summed E-state index contributed by atoms with van der Waals surface area (Å²) in [6, 6.07) is 4.16. The molecule has 0 radical (unpaired) electrons. The first-order chi connectivity index (χ1) is 9.58. The molecule has 1 amide bonds. The Morgan fingerprint density at radius 1 is 1.24 bits per heavy atom. The highest BCUT2D eigenvalue weighted by atomic mass is 32.2. The fourth-order valence-electron chi connectivity index (χ4n) is 1.54. The first kappa shape index (κ1) is 17.4. The molecule has 0 aromatic heterocycles. The molecule has 0 saturated heterocycles. The number of nitrogens with two attached hydrogens (primary N) is 1. The lowest BCUT2D eigenvalue weighted by Gasteiger charge is -2.22. The summed E-state index contributed by atoms with van der Waals surface area (Å²) in [5, 5.41) is 8.73. The van der Waals surface area contributed by atoms with Gasteiger partial charge in [0.05, 0.1) is 11.5 Å². The minimum absolute atomic E-state index is 0.0264. The number of hydrogen-bond acceptors (Lipinski definition) is 4. The number of carbonyl (C=O) groups is 1. The minimum atomic E-state index is -4.74. The highest BCUT2D eigenvalue weighted by molar-refractivity contribution is 7.89. The van der Waals surface area contributed by atoms with Gasteiger partial charge in [0.2, 0.25) is 15.9 Å².